The van der Waals surface area contributed by atoms with Gasteiger partial charge in [-0.25, -0.2) is 33.9 Å². The predicted molar refractivity (Wildman–Crippen MR) is 130 cm³/mol. The monoisotopic (exact) mass is 574 g/mol. The zero-order valence-corrected chi connectivity index (χ0v) is 21.5. The maximum absolute atomic E-state index is 16.1. The summed E-state index contributed by atoms with van der Waals surface area (Å²) in [6.45, 7) is -0.867. The van der Waals surface area contributed by atoms with E-state index in [1.165, 1.54) is 37.4 Å². The van der Waals surface area contributed by atoms with E-state index < -0.39 is 60.0 Å². The van der Waals surface area contributed by atoms with E-state index in [0.717, 1.165) is 19.2 Å². The van der Waals surface area contributed by atoms with Crippen molar-refractivity contribution in [1.29, 1.82) is 0 Å². The second-order valence-electron chi connectivity index (χ2n) is 7.57. The zero-order valence-electron chi connectivity index (χ0n) is 19.2. The Hall–Kier alpha value is -3.26. The van der Waals surface area contributed by atoms with Crippen LogP contribution in [0.15, 0.2) is 70.5 Å². The van der Waals surface area contributed by atoms with Gasteiger partial charge in [0.05, 0.1) is 28.2 Å². The van der Waals surface area contributed by atoms with Crippen LogP contribution in [0.2, 0.25) is 5.02 Å². The standard InChI is InChI=1S/C23H18ClF3N2O6S2/c1-34-13-28(21-12-18(25)17(24)11-19(21)26)37(32,33)22-16-9-8-14(35-2)10-20(16)29(23(22)27)36(30,31)15-6-4-3-5-7-15/h3-12H,13H2,1-2H3. The molecule has 0 atom stereocenters. The molecule has 3 aromatic carbocycles. The van der Waals surface area contributed by atoms with Crippen molar-refractivity contribution in [1.82, 2.24) is 3.97 Å². The first-order valence-electron chi connectivity index (χ1n) is 10.3. The molecule has 0 bridgehead atoms. The maximum atomic E-state index is 16.1. The maximum Gasteiger partial charge on any atom is 0.271 e. The average molecular weight is 575 g/mol. The number of fused-ring (bicyclic) bond motifs is 1. The van der Waals surface area contributed by atoms with Crippen molar-refractivity contribution in [3.63, 3.8) is 0 Å². The molecule has 0 saturated heterocycles. The molecule has 0 aliphatic rings. The third-order valence-corrected chi connectivity index (χ3v) is 9.15. The highest BCUT2D eigenvalue weighted by atomic mass is 35.5. The van der Waals surface area contributed by atoms with Crippen molar-refractivity contribution < 1.29 is 39.5 Å². The van der Waals surface area contributed by atoms with Crippen LogP contribution in [0.4, 0.5) is 18.9 Å². The summed E-state index contributed by atoms with van der Waals surface area (Å²) in [5.74, 6) is -3.95. The smallest absolute Gasteiger partial charge is 0.271 e. The number of sulfonamides is 1. The van der Waals surface area contributed by atoms with E-state index in [9.17, 15) is 25.6 Å². The summed E-state index contributed by atoms with van der Waals surface area (Å²) in [7, 11) is -7.41. The van der Waals surface area contributed by atoms with E-state index in [4.69, 9.17) is 21.1 Å². The van der Waals surface area contributed by atoms with Gasteiger partial charge in [-0.15, -0.1) is 0 Å². The number of benzene rings is 3. The van der Waals surface area contributed by atoms with Crippen LogP contribution < -0.4 is 9.04 Å². The Bertz CT molecular complexity index is 1710. The van der Waals surface area contributed by atoms with Crippen LogP contribution >= 0.6 is 11.6 Å². The molecule has 0 amide bonds. The highest BCUT2D eigenvalue weighted by molar-refractivity contribution is 7.93. The van der Waals surface area contributed by atoms with Gasteiger partial charge in [-0.1, -0.05) is 29.8 Å². The Kier molecular flexibility index (Phi) is 7.16. The van der Waals surface area contributed by atoms with Crippen LogP contribution in [0.1, 0.15) is 0 Å². The van der Waals surface area contributed by atoms with Gasteiger partial charge < -0.3 is 9.47 Å². The molecule has 8 nitrogen and oxygen atoms in total. The summed E-state index contributed by atoms with van der Waals surface area (Å²) in [6.07, 6.45) is 0. The van der Waals surface area contributed by atoms with E-state index in [0.29, 0.717) is 12.1 Å². The Morgan fingerprint density at radius 1 is 0.919 bits per heavy atom. The third-order valence-electron chi connectivity index (χ3n) is 5.37. The van der Waals surface area contributed by atoms with Crippen LogP contribution in [-0.4, -0.2) is 41.8 Å². The van der Waals surface area contributed by atoms with Gasteiger partial charge in [-0.3, -0.25) is 0 Å². The van der Waals surface area contributed by atoms with Crippen LogP contribution in [0, 0.1) is 17.6 Å². The highest BCUT2D eigenvalue weighted by Gasteiger charge is 2.38. The van der Waals surface area contributed by atoms with E-state index in [1.54, 1.807) is 6.07 Å². The van der Waals surface area contributed by atoms with Crippen LogP contribution in [-0.2, 0) is 24.8 Å². The van der Waals surface area contributed by atoms with Crippen molar-refractivity contribution in [2.75, 3.05) is 25.3 Å². The average Bonchev–Trinajstić information content (AvgIpc) is 3.17. The number of hydrogen-bond donors (Lipinski definition) is 0. The SMILES string of the molecule is COCN(c1cc(F)c(Cl)cc1F)S(=O)(=O)c1c(F)n(S(=O)(=O)c2ccccc2)c2cc(OC)ccc12. The molecular weight excluding hydrogens is 557 g/mol. The fourth-order valence-corrected chi connectivity index (χ4v) is 6.94. The molecule has 196 valence electrons. The molecule has 0 unspecified atom stereocenters. The quantitative estimate of drug-likeness (QED) is 0.222. The molecule has 37 heavy (non-hydrogen) atoms. The molecule has 0 radical (unpaired) electrons. The number of halogens is 4. The molecule has 1 aromatic heterocycles. The van der Waals surface area contributed by atoms with Gasteiger partial charge in [0.25, 0.3) is 20.0 Å². The van der Waals surface area contributed by atoms with E-state index in [-0.39, 0.29) is 29.8 Å². The lowest BCUT2D eigenvalue weighted by molar-refractivity contribution is 0.209. The minimum atomic E-state index is -5.11. The Morgan fingerprint density at radius 2 is 1.59 bits per heavy atom. The van der Waals surface area contributed by atoms with Crippen LogP contribution in [0.25, 0.3) is 10.9 Å². The van der Waals surface area contributed by atoms with E-state index >= 15 is 4.39 Å². The lowest BCUT2D eigenvalue weighted by Gasteiger charge is -2.24. The lowest BCUT2D eigenvalue weighted by Crippen LogP contribution is -2.34. The minimum absolute atomic E-state index is 0.109. The summed E-state index contributed by atoms with van der Waals surface area (Å²) in [5.41, 5.74) is -1.19. The van der Waals surface area contributed by atoms with Crippen molar-refractivity contribution >= 4 is 48.2 Å². The van der Waals surface area contributed by atoms with Gasteiger partial charge in [-0.2, -0.15) is 4.39 Å². The van der Waals surface area contributed by atoms with E-state index in [2.05, 4.69) is 0 Å². The molecule has 0 fully saturated rings. The first kappa shape index (κ1) is 26.8. The molecule has 0 spiro atoms. The fraction of sp³-hybridized carbons (Fsp3) is 0.130. The summed E-state index contributed by atoms with van der Waals surface area (Å²) in [4.78, 5) is -1.42. The number of nitrogens with zero attached hydrogens (tertiary/aromatic N) is 2. The first-order chi connectivity index (χ1) is 17.4. The number of aromatic nitrogens is 1. The topological polar surface area (TPSA) is 94.9 Å². The number of ether oxygens (including phenoxy) is 2. The Balaban J connectivity index is 2.07. The van der Waals surface area contributed by atoms with Crippen molar-refractivity contribution in [3.8, 4) is 5.75 Å². The van der Waals surface area contributed by atoms with Gasteiger partial charge in [0.15, 0.2) is 4.90 Å². The van der Waals surface area contributed by atoms with Crippen molar-refractivity contribution in [2.45, 2.75) is 9.79 Å². The minimum Gasteiger partial charge on any atom is -0.497 e. The van der Waals surface area contributed by atoms with Gasteiger partial charge >= 0.3 is 0 Å². The Labute approximate surface area is 215 Å². The van der Waals surface area contributed by atoms with Gasteiger partial charge in [0.1, 0.15) is 24.1 Å². The molecule has 0 aliphatic heterocycles. The molecule has 14 heteroatoms. The number of rotatable bonds is 8. The molecule has 4 rings (SSSR count). The van der Waals surface area contributed by atoms with Crippen molar-refractivity contribution in [2.24, 2.45) is 0 Å². The molecule has 4 aromatic rings. The summed E-state index contributed by atoms with van der Waals surface area (Å²) < 4.78 is 110. The molecule has 1 heterocycles. The van der Waals surface area contributed by atoms with Gasteiger partial charge in [-0.05, 0) is 30.3 Å². The molecule has 0 saturated carbocycles. The van der Waals surface area contributed by atoms with Gasteiger partial charge in [0, 0.05) is 24.6 Å². The molecule has 0 N–H and O–H groups in total. The predicted octanol–water partition coefficient (Wildman–Crippen LogP) is 4.76. The van der Waals surface area contributed by atoms with Crippen molar-refractivity contribution in [3.05, 3.63) is 83.3 Å². The number of methoxy groups -OCH3 is 2. The lowest BCUT2D eigenvalue weighted by atomic mass is 10.2. The number of hydrogen-bond acceptors (Lipinski definition) is 6. The summed E-state index contributed by atoms with van der Waals surface area (Å²) >= 11 is 5.59. The molecular formula is C23H18ClF3N2O6S2. The van der Waals surface area contributed by atoms with Crippen LogP contribution in [0.3, 0.4) is 0 Å². The summed E-state index contributed by atoms with van der Waals surface area (Å²) in [6, 6.07) is 11.4. The number of anilines is 1. The zero-order chi connectivity index (χ0) is 27.1. The normalized spacial score (nSPS) is 12.2. The second-order valence-corrected chi connectivity index (χ2v) is 11.6. The first-order valence-corrected chi connectivity index (χ1v) is 13.6. The summed E-state index contributed by atoms with van der Waals surface area (Å²) in [5, 5.41) is -0.964. The Morgan fingerprint density at radius 3 is 2.22 bits per heavy atom. The largest absolute Gasteiger partial charge is 0.497 e. The third kappa shape index (κ3) is 4.52. The molecule has 0 aliphatic carbocycles. The van der Waals surface area contributed by atoms with Gasteiger partial charge in [0.2, 0.25) is 5.95 Å². The van der Waals surface area contributed by atoms with Crippen LogP contribution in [0.5, 0.6) is 5.75 Å². The highest BCUT2D eigenvalue weighted by Crippen LogP contribution is 2.38. The fourth-order valence-electron chi connectivity index (χ4n) is 3.68. The van der Waals surface area contributed by atoms with E-state index in [1.807, 2.05) is 0 Å². The second kappa shape index (κ2) is 9.89.